The summed E-state index contributed by atoms with van der Waals surface area (Å²) in [6.07, 6.45) is 0. The molecule has 1 aromatic rings. The summed E-state index contributed by atoms with van der Waals surface area (Å²) in [5.74, 6) is -1.03. The first-order valence-electron chi connectivity index (χ1n) is 3.02. The molecule has 0 aromatic heterocycles. The molecule has 0 aliphatic heterocycles. The summed E-state index contributed by atoms with van der Waals surface area (Å²) in [4.78, 5) is 0. The van der Waals surface area contributed by atoms with Crippen molar-refractivity contribution >= 4 is 15.9 Å². The van der Waals surface area contributed by atoms with Gasteiger partial charge in [-0.05, 0) is 33.6 Å². The number of phenols is 1. The minimum absolute atomic E-state index is 0.234. The normalized spacial score (nSPS) is 10.1. The number of phenolic OH excluding ortho intramolecular Hbond substituents is 1. The Bertz CT molecular complexity index is 254. The SMILES string of the molecule is NCc1cc(O)c(F)c(Br)c1. The predicted octanol–water partition coefficient (Wildman–Crippen LogP) is 1.75. The van der Waals surface area contributed by atoms with Crippen LogP contribution in [-0.4, -0.2) is 5.11 Å². The summed E-state index contributed by atoms with van der Waals surface area (Å²) in [5, 5.41) is 8.95. The molecule has 0 heterocycles. The number of nitrogens with two attached hydrogens (primary N) is 1. The molecule has 0 amide bonds. The highest BCUT2D eigenvalue weighted by Gasteiger charge is 2.05. The fraction of sp³-hybridized carbons (Fsp3) is 0.143. The van der Waals surface area contributed by atoms with E-state index in [4.69, 9.17) is 10.8 Å². The second-order valence-corrected chi connectivity index (χ2v) is 2.97. The van der Waals surface area contributed by atoms with Crippen LogP contribution in [0.4, 0.5) is 4.39 Å². The van der Waals surface area contributed by atoms with Gasteiger partial charge < -0.3 is 10.8 Å². The van der Waals surface area contributed by atoms with E-state index in [9.17, 15) is 4.39 Å². The van der Waals surface area contributed by atoms with E-state index in [1.165, 1.54) is 12.1 Å². The number of benzene rings is 1. The van der Waals surface area contributed by atoms with Gasteiger partial charge in [0.25, 0.3) is 0 Å². The summed E-state index contributed by atoms with van der Waals surface area (Å²) in [6.45, 7) is 0.284. The second-order valence-electron chi connectivity index (χ2n) is 2.11. The molecule has 0 saturated carbocycles. The first-order valence-corrected chi connectivity index (χ1v) is 3.81. The Hall–Kier alpha value is -0.610. The Balaban J connectivity index is 3.21. The third kappa shape index (κ3) is 1.70. The molecule has 4 heteroatoms. The molecule has 3 N–H and O–H groups in total. The maximum Gasteiger partial charge on any atom is 0.178 e. The Morgan fingerprint density at radius 3 is 2.64 bits per heavy atom. The first kappa shape index (κ1) is 8.49. The van der Waals surface area contributed by atoms with Crippen molar-refractivity contribution in [3.05, 3.63) is 28.0 Å². The molecule has 0 aliphatic carbocycles. The van der Waals surface area contributed by atoms with Crippen LogP contribution in [0.25, 0.3) is 0 Å². The Kier molecular flexibility index (Phi) is 2.46. The second kappa shape index (κ2) is 3.19. The van der Waals surface area contributed by atoms with Gasteiger partial charge in [-0.2, -0.15) is 0 Å². The van der Waals surface area contributed by atoms with Gasteiger partial charge in [-0.25, -0.2) is 4.39 Å². The van der Waals surface area contributed by atoms with Crippen molar-refractivity contribution in [3.63, 3.8) is 0 Å². The first-order chi connectivity index (χ1) is 5.15. The van der Waals surface area contributed by atoms with Gasteiger partial charge in [0.1, 0.15) is 0 Å². The van der Waals surface area contributed by atoms with E-state index in [2.05, 4.69) is 15.9 Å². The smallest absolute Gasteiger partial charge is 0.178 e. The quantitative estimate of drug-likeness (QED) is 0.757. The summed E-state index contributed by atoms with van der Waals surface area (Å²) in [7, 11) is 0. The molecule has 0 radical (unpaired) electrons. The number of aromatic hydroxyl groups is 1. The summed E-state index contributed by atoms with van der Waals surface area (Å²) in [5.41, 5.74) is 5.97. The molecule has 0 saturated heterocycles. The van der Waals surface area contributed by atoms with Gasteiger partial charge in [-0.15, -0.1) is 0 Å². The highest BCUT2D eigenvalue weighted by molar-refractivity contribution is 9.10. The molecular weight excluding hydrogens is 213 g/mol. The van der Waals surface area contributed by atoms with E-state index in [0.717, 1.165) is 0 Å². The molecule has 0 fully saturated rings. The maximum absolute atomic E-state index is 12.7. The van der Waals surface area contributed by atoms with Crippen LogP contribution in [0.2, 0.25) is 0 Å². The lowest BCUT2D eigenvalue weighted by Crippen LogP contribution is -1.96. The Morgan fingerprint density at radius 1 is 1.55 bits per heavy atom. The lowest BCUT2D eigenvalue weighted by Gasteiger charge is -2.01. The monoisotopic (exact) mass is 219 g/mol. The highest BCUT2D eigenvalue weighted by Crippen LogP contribution is 2.25. The average molecular weight is 220 g/mol. The van der Waals surface area contributed by atoms with E-state index in [1.807, 2.05) is 0 Å². The van der Waals surface area contributed by atoms with Crippen molar-refractivity contribution in [2.45, 2.75) is 6.54 Å². The molecule has 1 aromatic carbocycles. The largest absolute Gasteiger partial charge is 0.505 e. The van der Waals surface area contributed by atoms with Gasteiger partial charge in [-0.1, -0.05) is 0 Å². The fourth-order valence-corrected chi connectivity index (χ4v) is 1.24. The van der Waals surface area contributed by atoms with Crippen LogP contribution in [0.15, 0.2) is 16.6 Å². The van der Waals surface area contributed by atoms with Gasteiger partial charge in [0.15, 0.2) is 11.6 Å². The lowest BCUT2D eigenvalue weighted by atomic mass is 10.2. The van der Waals surface area contributed by atoms with Crippen LogP contribution in [0.5, 0.6) is 5.75 Å². The topological polar surface area (TPSA) is 46.2 Å². The van der Waals surface area contributed by atoms with Crippen LogP contribution in [0, 0.1) is 5.82 Å². The molecule has 0 unspecified atom stereocenters. The van der Waals surface area contributed by atoms with Gasteiger partial charge in [-0.3, -0.25) is 0 Å². The van der Waals surface area contributed by atoms with E-state index in [-0.39, 0.29) is 16.8 Å². The molecule has 11 heavy (non-hydrogen) atoms. The molecule has 2 nitrogen and oxygen atoms in total. The van der Waals surface area contributed by atoms with Gasteiger partial charge in [0.05, 0.1) is 4.47 Å². The van der Waals surface area contributed by atoms with Crippen molar-refractivity contribution in [2.24, 2.45) is 5.73 Å². The van der Waals surface area contributed by atoms with Gasteiger partial charge in [0.2, 0.25) is 0 Å². The van der Waals surface area contributed by atoms with Gasteiger partial charge >= 0.3 is 0 Å². The number of rotatable bonds is 1. The lowest BCUT2D eigenvalue weighted by molar-refractivity contribution is 0.429. The van der Waals surface area contributed by atoms with Gasteiger partial charge in [0, 0.05) is 6.54 Å². The highest BCUT2D eigenvalue weighted by atomic mass is 79.9. The van der Waals surface area contributed by atoms with Crippen LogP contribution in [-0.2, 0) is 6.54 Å². The summed E-state index contributed by atoms with van der Waals surface area (Å²) >= 11 is 2.95. The minimum atomic E-state index is -0.651. The molecule has 1 rings (SSSR count). The standard InChI is InChI=1S/C7H7BrFNO/c8-5-1-4(3-10)2-6(11)7(5)9/h1-2,11H,3,10H2. The van der Waals surface area contributed by atoms with Crippen LogP contribution >= 0.6 is 15.9 Å². The Morgan fingerprint density at radius 2 is 2.18 bits per heavy atom. The molecule has 0 bridgehead atoms. The molecule has 0 aliphatic rings. The van der Waals surface area contributed by atoms with E-state index in [1.54, 1.807) is 0 Å². The third-order valence-corrected chi connectivity index (χ3v) is 1.88. The minimum Gasteiger partial charge on any atom is -0.505 e. The summed E-state index contributed by atoms with van der Waals surface area (Å²) < 4.78 is 12.9. The van der Waals surface area contributed by atoms with E-state index >= 15 is 0 Å². The van der Waals surface area contributed by atoms with Crippen molar-refractivity contribution in [1.82, 2.24) is 0 Å². The summed E-state index contributed by atoms with van der Waals surface area (Å²) in [6, 6.07) is 2.84. The van der Waals surface area contributed by atoms with Crippen LogP contribution < -0.4 is 5.73 Å². The van der Waals surface area contributed by atoms with Crippen LogP contribution in [0.1, 0.15) is 5.56 Å². The third-order valence-electron chi connectivity index (χ3n) is 1.30. The number of halogens is 2. The predicted molar refractivity (Wildman–Crippen MR) is 43.7 cm³/mol. The molecule has 0 spiro atoms. The average Bonchev–Trinajstić information content (AvgIpc) is 1.99. The zero-order valence-electron chi connectivity index (χ0n) is 5.64. The van der Waals surface area contributed by atoms with E-state index in [0.29, 0.717) is 5.56 Å². The number of hydrogen-bond donors (Lipinski definition) is 2. The maximum atomic E-state index is 12.7. The molecular formula is C7H7BrFNO. The number of hydrogen-bond acceptors (Lipinski definition) is 2. The zero-order chi connectivity index (χ0) is 8.43. The Labute approximate surface area is 72.0 Å². The van der Waals surface area contributed by atoms with Crippen molar-refractivity contribution < 1.29 is 9.50 Å². The fourth-order valence-electron chi connectivity index (χ4n) is 0.747. The zero-order valence-corrected chi connectivity index (χ0v) is 7.23. The van der Waals surface area contributed by atoms with Crippen LogP contribution in [0.3, 0.4) is 0 Å². The molecule has 60 valence electrons. The van der Waals surface area contributed by atoms with Crippen molar-refractivity contribution in [2.75, 3.05) is 0 Å². The van der Waals surface area contributed by atoms with Crippen molar-refractivity contribution in [3.8, 4) is 5.75 Å². The van der Waals surface area contributed by atoms with E-state index < -0.39 is 5.82 Å². The van der Waals surface area contributed by atoms with Crippen molar-refractivity contribution in [1.29, 1.82) is 0 Å². The molecule has 0 atom stereocenters.